The van der Waals surface area contributed by atoms with E-state index in [-0.39, 0.29) is 0 Å². The summed E-state index contributed by atoms with van der Waals surface area (Å²) in [5.74, 6) is 1.55. The van der Waals surface area contributed by atoms with Crippen molar-refractivity contribution in [2.24, 2.45) is 11.8 Å². The molecule has 1 saturated carbocycles. The maximum absolute atomic E-state index is 3.77. The van der Waals surface area contributed by atoms with Crippen LogP contribution in [0, 0.1) is 11.8 Å². The van der Waals surface area contributed by atoms with E-state index in [9.17, 15) is 0 Å². The van der Waals surface area contributed by atoms with Crippen molar-refractivity contribution in [3.63, 3.8) is 0 Å². The summed E-state index contributed by atoms with van der Waals surface area (Å²) in [4.78, 5) is 0. The van der Waals surface area contributed by atoms with Gasteiger partial charge < -0.3 is 0 Å². The van der Waals surface area contributed by atoms with Crippen LogP contribution in [-0.4, -0.2) is 0 Å². The molecule has 0 amide bonds. The van der Waals surface area contributed by atoms with Crippen LogP contribution in [0.2, 0.25) is 0 Å². The summed E-state index contributed by atoms with van der Waals surface area (Å²) < 4.78 is 0. The summed E-state index contributed by atoms with van der Waals surface area (Å²) in [6.45, 7) is 5.91. The van der Waals surface area contributed by atoms with Gasteiger partial charge in [0, 0.05) is 0 Å². The van der Waals surface area contributed by atoms with Crippen molar-refractivity contribution in [2.75, 3.05) is 0 Å². The Kier molecular flexibility index (Phi) is 3.15. The second-order valence-electron chi connectivity index (χ2n) is 3.02. The van der Waals surface area contributed by atoms with Gasteiger partial charge in [-0.05, 0) is 24.7 Å². The fourth-order valence-corrected chi connectivity index (χ4v) is 1.15. The second-order valence-corrected chi connectivity index (χ2v) is 3.02. The first-order chi connectivity index (χ1) is 5.38. The van der Waals surface area contributed by atoms with Crippen LogP contribution in [0.3, 0.4) is 0 Å². The lowest BCUT2D eigenvalue weighted by atomic mass is 10.3. The van der Waals surface area contributed by atoms with Gasteiger partial charge in [-0.25, -0.2) is 0 Å². The number of hydrogen-bond acceptors (Lipinski definition) is 0. The lowest BCUT2D eigenvalue weighted by Gasteiger charge is -1.80. The molecule has 0 nitrogen and oxygen atoms in total. The van der Waals surface area contributed by atoms with Crippen molar-refractivity contribution in [3.8, 4) is 0 Å². The van der Waals surface area contributed by atoms with Crippen molar-refractivity contribution >= 4 is 0 Å². The van der Waals surface area contributed by atoms with Crippen molar-refractivity contribution in [2.45, 2.75) is 19.8 Å². The van der Waals surface area contributed by atoms with E-state index in [1.807, 2.05) is 0 Å². The van der Waals surface area contributed by atoms with Gasteiger partial charge in [0.1, 0.15) is 0 Å². The van der Waals surface area contributed by atoms with Crippen LogP contribution in [0.1, 0.15) is 19.8 Å². The van der Waals surface area contributed by atoms with Crippen molar-refractivity contribution in [1.29, 1.82) is 0 Å². The average Bonchev–Trinajstić information content (AvgIpc) is 2.77. The topological polar surface area (TPSA) is 0 Å². The van der Waals surface area contributed by atoms with Crippen LogP contribution in [-0.2, 0) is 0 Å². The van der Waals surface area contributed by atoms with Crippen molar-refractivity contribution < 1.29 is 0 Å². The van der Waals surface area contributed by atoms with Gasteiger partial charge >= 0.3 is 0 Å². The fraction of sp³-hybridized carbons (Fsp3) is 0.455. The van der Waals surface area contributed by atoms with E-state index in [0.29, 0.717) is 0 Å². The molecule has 0 aromatic rings. The van der Waals surface area contributed by atoms with Gasteiger partial charge in [0.2, 0.25) is 0 Å². The van der Waals surface area contributed by atoms with Gasteiger partial charge in [-0.1, -0.05) is 37.3 Å². The van der Waals surface area contributed by atoms with Crippen LogP contribution in [0.4, 0.5) is 0 Å². The Labute approximate surface area is 69.3 Å². The Morgan fingerprint density at radius 2 is 2.18 bits per heavy atom. The monoisotopic (exact) mass is 148 g/mol. The van der Waals surface area contributed by atoms with E-state index >= 15 is 0 Å². The smallest absolute Gasteiger partial charge is 0.0161 e. The molecule has 1 aliphatic carbocycles. The molecule has 60 valence electrons. The Hall–Kier alpha value is -0.780. The molecule has 0 heterocycles. The number of allylic oxidation sites excluding steroid dienone is 5. The van der Waals surface area contributed by atoms with Crippen LogP contribution < -0.4 is 0 Å². The van der Waals surface area contributed by atoms with E-state index in [1.165, 1.54) is 6.42 Å². The largest absolute Gasteiger partial charge is 0.103 e. The average molecular weight is 148 g/mol. The molecule has 0 aromatic carbocycles. The quantitative estimate of drug-likeness (QED) is 0.424. The zero-order valence-electron chi connectivity index (χ0n) is 7.16. The molecule has 0 aromatic heterocycles. The third-order valence-corrected chi connectivity index (χ3v) is 2.04. The Balaban J connectivity index is 2.17. The normalized spacial score (nSPS) is 29.9. The van der Waals surface area contributed by atoms with E-state index in [1.54, 1.807) is 0 Å². The third-order valence-electron chi connectivity index (χ3n) is 2.04. The highest BCUT2D eigenvalue weighted by Crippen LogP contribution is 2.40. The van der Waals surface area contributed by atoms with E-state index in [4.69, 9.17) is 0 Å². The SMILES string of the molecule is C=C[C@@H]1C[C@H]1/C=C/C=C\CC. The zero-order valence-corrected chi connectivity index (χ0v) is 7.16. The molecule has 0 aliphatic heterocycles. The lowest BCUT2D eigenvalue weighted by molar-refractivity contribution is 0.998. The highest BCUT2D eigenvalue weighted by Gasteiger charge is 2.30. The maximum atomic E-state index is 3.77. The molecule has 11 heavy (non-hydrogen) atoms. The number of hydrogen-bond donors (Lipinski definition) is 0. The van der Waals surface area contributed by atoms with Crippen LogP contribution in [0.25, 0.3) is 0 Å². The molecule has 0 bridgehead atoms. The van der Waals surface area contributed by atoms with Gasteiger partial charge in [0.15, 0.2) is 0 Å². The predicted molar refractivity (Wildman–Crippen MR) is 50.4 cm³/mol. The second kappa shape index (κ2) is 4.17. The minimum Gasteiger partial charge on any atom is -0.103 e. The third kappa shape index (κ3) is 2.75. The maximum Gasteiger partial charge on any atom is -0.0161 e. The summed E-state index contributed by atoms with van der Waals surface area (Å²) in [7, 11) is 0. The van der Waals surface area contributed by atoms with Gasteiger partial charge in [-0.15, -0.1) is 6.58 Å². The summed E-state index contributed by atoms with van der Waals surface area (Å²) in [5, 5.41) is 0. The summed E-state index contributed by atoms with van der Waals surface area (Å²) >= 11 is 0. The lowest BCUT2D eigenvalue weighted by Crippen LogP contribution is -1.68. The molecule has 1 aliphatic rings. The Morgan fingerprint density at radius 3 is 2.73 bits per heavy atom. The van der Waals surface area contributed by atoms with E-state index in [0.717, 1.165) is 18.3 Å². The van der Waals surface area contributed by atoms with E-state index < -0.39 is 0 Å². The first-order valence-electron chi connectivity index (χ1n) is 4.34. The zero-order chi connectivity index (χ0) is 8.10. The van der Waals surface area contributed by atoms with Gasteiger partial charge in [0.25, 0.3) is 0 Å². The van der Waals surface area contributed by atoms with Crippen molar-refractivity contribution in [3.05, 3.63) is 37.0 Å². The standard InChI is InChI=1S/C11H16/c1-3-5-6-7-8-11-9-10(11)4-2/h4-8,10-11H,2-3,9H2,1H3/b6-5-,8-7+/t10-,11-/m1/s1. The fourth-order valence-electron chi connectivity index (χ4n) is 1.15. The summed E-state index contributed by atoms with van der Waals surface area (Å²) in [6.07, 6.45) is 13.2. The Morgan fingerprint density at radius 1 is 1.36 bits per heavy atom. The molecule has 0 N–H and O–H groups in total. The molecule has 0 spiro atoms. The molecule has 0 saturated heterocycles. The van der Waals surface area contributed by atoms with Crippen LogP contribution in [0.15, 0.2) is 37.0 Å². The predicted octanol–water partition coefficient (Wildman–Crippen LogP) is 3.33. The number of rotatable bonds is 4. The van der Waals surface area contributed by atoms with Crippen LogP contribution in [0.5, 0.6) is 0 Å². The minimum atomic E-state index is 0.765. The van der Waals surface area contributed by atoms with Crippen molar-refractivity contribution in [1.82, 2.24) is 0 Å². The molecule has 2 atom stereocenters. The summed E-state index contributed by atoms with van der Waals surface area (Å²) in [6, 6.07) is 0. The first-order valence-corrected chi connectivity index (χ1v) is 4.34. The molecule has 1 rings (SSSR count). The molecule has 0 unspecified atom stereocenters. The minimum absolute atomic E-state index is 0.765. The van der Waals surface area contributed by atoms with Gasteiger partial charge in [-0.3, -0.25) is 0 Å². The van der Waals surface area contributed by atoms with Gasteiger partial charge in [0.05, 0.1) is 0 Å². The molecule has 0 heteroatoms. The first kappa shape index (κ1) is 8.32. The molecular formula is C11H16. The van der Waals surface area contributed by atoms with Gasteiger partial charge in [-0.2, -0.15) is 0 Å². The highest BCUT2D eigenvalue weighted by molar-refractivity contribution is 5.13. The summed E-state index contributed by atoms with van der Waals surface area (Å²) in [5.41, 5.74) is 0. The highest BCUT2D eigenvalue weighted by atomic mass is 14.3. The molecule has 0 radical (unpaired) electrons. The van der Waals surface area contributed by atoms with E-state index in [2.05, 4.69) is 43.9 Å². The molecular weight excluding hydrogens is 132 g/mol. The molecule has 1 fully saturated rings. The Bertz CT molecular complexity index is 174. The van der Waals surface area contributed by atoms with Crippen LogP contribution >= 0.6 is 0 Å².